The fourth-order valence-corrected chi connectivity index (χ4v) is 2.45. The average molecular weight is 322 g/mol. The molecule has 0 aliphatic rings. The van der Waals surface area contributed by atoms with E-state index < -0.39 is 0 Å². The second-order valence-electron chi connectivity index (χ2n) is 5.26. The summed E-state index contributed by atoms with van der Waals surface area (Å²) in [5, 5.41) is 5.27. The van der Waals surface area contributed by atoms with E-state index in [2.05, 4.69) is 5.32 Å². The molecule has 5 heteroatoms. The number of hydrogen-bond donors (Lipinski definition) is 2. The molecule has 1 atom stereocenters. The predicted octanol–water partition coefficient (Wildman–Crippen LogP) is 3.05. The van der Waals surface area contributed by atoms with Crippen LogP contribution in [0.3, 0.4) is 0 Å². The fraction of sp³-hybridized carbons (Fsp3) is 0.235. The van der Waals surface area contributed by atoms with Gasteiger partial charge in [0.25, 0.3) is 5.91 Å². The third-order valence-electron chi connectivity index (χ3n) is 3.51. The predicted molar refractivity (Wildman–Crippen MR) is 86.4 cm³/mol. The summed E-state index contributed by atoms with van der Waals surface area (Å²) in [4.78, 5) is 11.9. The first-order chi connectivity index (χ1) is 10.5. The molecule has 0 aliphatic carbocycles. The maximum absolute atomic E-state index is 13.4. The lowest BCUT2D eigenvalue weighted by molar-refractivity contribution is -0.682. The van der Waals surface area contributed by atoms with Crippen LogP contribution in [0.15, 0.2) is 42.5 Å². The third kappa shape index (κ3) is 4.29. The fourth-order valence-electron chi connectivity index (χ4n) is 2.14. The molecule has 3 N–H and O–H groups in total. The van der Waals surface area contributed by atoms with E-state index in [1.165, 1.54) is 6.07 Å². The number of nitrogens with two attached hydrogens (primary N) is 1. The third-order valence-corrected chi connectivity index (χ3v) is 3.85. The highest BCUT2D eigenvalue weighted by Gasteiger charge is 2.14. The Balaban J connectivity index is 1.90. The largest absolute Gasteiger partial charge is 0.332 e. The van der Waals surface area contributed by atoms with E-state index in [1.54, 1.807) is 19.1 Å². The van der Waals surface area contributed by atoms with Crippen molar-refractivity contribution in [2.75, 3.05) is 11.9 Å². The van der Waals surface area contributed by atoms with Crippen LogP contribution in [0.5, 0.6) is 0 Å². The number of nitrogens with one attached hydrogen (secondary N) is 1. The number of carbonyl (C=O) groups excluding carboxylic acids is 1. The van der Waals surface area contributed by atoms with Crippen molar-refractivity contribution >= 4 is 23.2 Å². The number of hydrogen-bond acceptors (Lipinski definition) is 1. The molecule has 0 aromatic heterocycles. The van der Waals surface area contributed by atoms with E-state index in [4.69, 9.17) is 11.6 Å². The first-order valence-corrected chi connectivity index (χ1v) is 7.49. The van der Waals surface area contributed by atoms with Gasteiger partial charge < -0.3 is 10.6 Å². The summed E-state index contributed by atoms with van der Waals surface area (Å²) < 4.78 is 13.4. The molecule has 0 unspecified atom stereocenters. The topological polar surface area (TPSA) is 45.7 Å². The maximum atomic E-state index is 13.4. The number of benzene rings is 2. The Bertz CT molecular complexity index is 675. The lowest BCUT2D eigenvalue weighted by atomic mass is 10.1. The zero-order valence-electron chi connectivity index (χ0n) is 12.6. The van der Waals surface area contributed by atoms with E-state index >= 15 is 0 Å². The molecule has 3 nitrogen and oxygen atoms in total. The highest BCUT2D eigenvalue weighted by Crippen LogP contribution is 2.19. The van der Waals surface area contributed by atoms with Crippen molar-refractivity contribution in [3.8, 4) is 0 Å². The van der Waals surface area contributed by atoms with Crippen molar-refractivity contribution < 1.29 is 14.5 Å². The van der Waals surface area contributed by atoms with Gasteiger partial charge in [-0.2, -0.15) is 0 Å². The molecule has 0 aliphatic heterocycles. The second kappa shape index (κ2) is 7.38. The molecule has 1 amide bonds. The van der Waals surface area contributed by atoms with Gasteiger partial charge in [0.1, 0.15) is 11.9 Å². The number of aryl methyl sites for hydroxylation is 1. The van der Waals surface area contributed by atoms with Gasteiger partial charge in [0.2, 0.25) is 0 Å². The molecule has 0 saturated carbocycles. The van der Waals surface area contributed by atoms with Crippen molar-refractivity contribution in [1.82, 2.24) is 0 Å². The van der Waals surface area contributed by atoms with Crippen LogP contribution in [-0.2, 0) is 4.79 Å². The molecule has 22 heavy (non-hydrogen) atoms. The van der Waals surface area contributed by atoms with Crippen LogP contribution >= 0.6 is 11.6 Å². The van der Waals surface area contributed by atoms with Gasteiger partial charge in [-0.15, -0.1) is 0 Å². The molecule has 0 bridgehead atoms. The Kier molecular flexibility index (Phi) is 5.52. The van der Waals surface area contributed by atoms with Crippen LogP contribution in [-0.4, -0.2) is 12.5 Å². The van der Waals surface area contributed by atoms with E-state index in [0.29, 0.717) is 16.3 Å². The molecule has 0 heterocycles. The molecule has 116 valence electrons. The minimum atomic E-state index is -0.328. The van der Waals surface area contributed by atoms with Crippen molar-refractivity contribution in [3.63, 3.8) is 0 Å². The Hall–Kier alpha value is -1.91. The second-order valence-corrected chi connectivity index (χ2v) is 5.67. The number of carbonyl (C=O) groups is 1. The van der Waals surface area contributed by atoms with Gasteiger partial charge in [0.05, 0.1) is 0 Å². The number of rotatable bonds is 5. The first kappa shape index (κ1) is 16.5. The SMILES string of the molecule is Cc1ccc(NC(=O)C[NH2+][C@H](C)c2ccccc2Cl)cc1F. The highest BCUT2D eigenvalue weighted by atomic mass is 35.5. The van der Waals surface area contributed by atoms with E-state index in [0.717, 1.165) is 5.56 Å². The van der Waals surface area contributed by atoms with Gasteiger partial charge in [0, 0.05) is 16.3 Å². The average Bonchev–Trinajstić information content (AvgIpc) is 2.49. The summed E-state index contributed by atoms with van der Waals surface area (Å²) >= 11 is 6.13. The van der Waals surface area contributed by atoms with E-state index in [1.807, 2.05) is 36.5 Å². The number of anilines is 1. The van der Waals surface area contributed by atoms with Crippen LogP contribution in [0.1, 0.15) is 24.1 Å². The quantitative estimate of drug-likeness (QED) is 0.873. The number of quaternary nitrogens is 1. The molecule has 2 aromatic rings. The van der Waals surface area contributed by atoms with Crippen molar-refractivity contribution in [3.05, 3.63) is 64.4 Å². The molecular formula is C17H19ClFN2O+. The molecule has 2 aromatic carbocycles. The summed E-state index contributed by atoms with van der Waals surface area (Å²) in [6.45, 7) is 3.90. The Labute approximate surface area is 134 Å². The van der Waals surface area contributed by atoms with Gasteiger partial charge in [-0.05, 0) is 37.6 Å². The van der Waals surface area contributed by atoms with Crippen LogP contribution < -0.4 is 10.6 Å². The van der Waals surface area contributed by atoms with Gasteiger partial charge in [-0.3, -0.25) is 4.79 Å². The Morgan fingerprint density at radius 2 is 2.05 bits per heavy atom. The van der Waals surface area contributed by atoms with Crippen LogP contribution in [0.2, 0.25) is 5.02 Å². The number of halogens is 2. The molecule has 2 rings (SSSR count). The standard InChI is InChI=1S/C17H18ClFN2O/c1-11-7-8-13(9-16(11)19)21-17(22)10-20-12(2)14-5-3-4-6-15(14)18/h3-9,12,20H,10H2,1-2H3,(H,21,22)/p+1/t12-/m1/s1. The van der Waals surface area contributed by atoms with Gasteiger partial charge in [0.15, 0.2) is 6.54 Å². The minimum Gasteiger partial charge on any atom is -0.332 e. The zero-order chi connectivity index (χ0) is 16.1. The van der Waals surface area contributed by atoms with Gasteiger partial charge in [-0.1, -0.05) is 35.9 Å². The first-order valence-electron chi connectivity index (χ1n) is 7.11. The minimum absolute atomic E-state index is 0.0641. The lowest BCUT2D eigenvalue weighted by Crippen LogP contribution is -2.86. The van der Waals surface area contributed by atoms with Crippen LogP contribution in [0.4, 0.5) is 10.1 Å². The zero-order valence-corrected chi connectivity index (χ0v) is 13.3. The molecule has 0 fully saturated rings. The Morgan fingerprint density at radius 1 is 1.32 bits per heavy atom. The normalized spacial score (nSPS) is 12.0. The summed E-state index contributed by atoms with van der Waals surface area (Å²) in [7, 11) is 0. The lowest BCUT2D eigenvalue weighted by Gasteiger charge is -2.12. The van der Waals surface area contributed by atoms with Crippen LogP contribution in [0.25, 0.3) is 0 Å². The van der Waals surface area contributed by atoms with E-state index in [-0.39, 0.29) is 24.3 Å². The highest BCUT2D eigenvalue weighted by molar-refractivity contribution is 6.31. The summed E-state index contributed by atoms with van der Waals surface area (Å²) in [5.41, 5.74) is 2.00. The summed E-state index contributed by atoms with van der Waals surface area (Å²) in [6, 6.07) is 12.3. The Morgan fingerprint density at radius 3 is 2.73 bits per heavy atom. The smallest absolute Gasteiger partial charge is 0.279 e. The van der Waals surface area contributed by atoms with Crippen molar-refractivity contribution in [2.24, 2.45) is 0 Å². The van der Waals surface area contributed by atoms with E-state index in [9.17, 15) is 9.18 Å². The summed E-state index contributed by atoms with van der Waals surface area (Å²) in [5.74, 6) is -0.506. The molecule has 0 saturated heterocycles. The molecule has 0 spiro atoms. The number of amides is 1. The molecular weight excluding hydrogens is 303 g/mol. The van der Waals surface area contributed by atoms with Gasteiger partial charge >= 0.3 is 0 Å². The van der Waals surface area contributed by atoms with Crippen molar-refractivity contribution in [1.29, 1.82) is 0 Å². The maximum Gasteiger partial charge on any atom is 0.279 e. The van der Waals surface area contributed by atoms with Crippen LogP contribution in [0, 0.1) is 12.7 Å². The van der Waals surface area contributed by atoms with Gasteiger partial charge in [-0.25, -0.2) is 4.39 Å². The monoisotopic (exact) mass is 321 g/mol. The molecule has 0 radical (unpaired) electrons. The summed E-state index contributed by atoms with van der Waals surface area (Å²) in [6.07, 6.45) is 0. The van der Waals surface area contributed by atoms with Crippen molar-refractivity contribution in [2.45, 2.75) is 19.9 Å².